The molecule has 2 saturated heterocycles. The van der Waals surface area contributed by atoms with Crippen LogP contribution in [0.5, 0.6) is 0 Å². The first-order valence-electron chi connectivity index (χ1n) is 12.5. The molecule has 0 unspecified atom stereocenters. The Morgan fingerprint density at radius 2 is 1.19 bits per heavy atom. The van der Waals surface area contributed by atoms with Gasteiger partial charge >= 0.3 is 0 Å². The molecule has 0 aromatic carbocycles. The minimum Gasteiger partial charge on any atom is -0.756 e. The number of aliphatic carboxylic acids is 1. The SMILES string of the molecule is CC(=O)[O-].NC(=O)c1ccc[n+]([C@@H]2O[C@H](COP(=O)([O-])OC[C@H]3O[C@@H]([n+]4cccc(C(N)=O)c4)[C@H](O)[C@@H]3O)[C@@H](O)[C@H]2O)c1. The Bertz CT molecular complexity index is 1270. The van der Waals surface area contributed by atoms with Gasteiger partial charge in [-0.3, -0.25) is 14.2 Å². The van der Waals surface area contributed by atoms with Gasteiger partial charge in [-0.05, 0) is 19.1 Å². The van der Waals surface area contributed by atoms with Crippen LogP contribution in [0, 0.1) is 0 Å². The smallest absolute Gasteiger partial charge is 0.292 e. The first-order valence-corrected chi connectivity index (χ1v) is 14.0. The molecule has 4 rings (SSSR count). The molecule has 43 heavy (non-hydrogen) atoms. The van der Waals surface area contributed by atoms with Gasteiger partial charge < -0.3 is 65.2 Å². The number of rotatable bonds is 10. The maximum Gasteiger partial charge on any atom is 0.292 e. The number of amides is 2. The van der Waals surface area contributed by atoms with Crippen molar-refractivity contribution in [1.82, 2.24) is 0 Å². The third-order valence-corrected chi connectivity index (χ3v) is 7.20. The summed E-state index contributed by atoms with van der Waals surface area (Å²) in [7, 11) is -5.05. The molecule has 0 spiro atoms. The zero-order valence-corrected chi connectivity index (χ0v) is 23.4. The zero-order valence-electron chi connectivity index (χ0n) is 22.5. The number of carboxylic acid groups (broad SMARTS) is 1. The van der Waals surface area contributed by atoms with E-state index >= 15 is 0 Å². The van der Waals surface area contributed by atoms with Gasteiger partial charge in [0.05, 0.1) is 13.2 Å². The summed E-state index contributed by atoms with van der Waals surface area (Å²) in [6.45, 7) is -0.499. The molecular formula is C24H31N4O14P. The van der Waals surface area contributed by atoms with E-state index in [1.165, 1.54) is 58.2 Å². The van der Waals surface area contributed by atoms with E-state index in [-0.39, 0.29) is 11.1 Å². The maximum atomic E-state index is 12.3. The Morgan fingerprint density at radius 3 is 1.51 bits per heavy atom. The largest absolute Gasteiger partial charge is 0.756 e. The number of pyridine rings is 2. The van der Waals surface area contributed by atoms with Crippen molar-refractivity contribution in [3.63, 3.8) is 0 Å². The number of nitrogens with zero attached hydrogens (tertiary/aromatic N) is 2. The summed E-state index contributed by atoms with van der Waals surface area (Å²) in [5, 5.41) is 50.3. The number of aliphatic hydroxyl groups excluding tert-OH is 4. The quantitative estimate of drug-likeness (QED) is 0.106. The molecule has 2 fully saturated rings. The normalized spacial score (nSPS) is 29.7. The summed E-state index contributed by atoms with van der Waals surface area (Å²) >= 11 is 0. The van der Waals surface area contributed by atoms with E-state index in [0.29, 0.717) is 0 Å². The fourth-order valence-corrected chi connectivity index (χ4v) is 4.92. The molecule has 0 radical (unpaired) electrons. The van der Waals surface area contributed by atoms with Gasteiger partial charge in [-0.25, -0.2) is 0 Å². The number of carbonyl (C=O) groups is 3. The molecule has 2 aromatic heterocycles. The van der Waals surface area contributed by atoms with Gasteiger partial charge in [0, 0.05) is 18.1 Å². The van der Waals surface area contributed by atoms with E-state index in [4.69, 9.17) is 39.9 Å². The number of hydrogen-bond donors (Lipinski definition) is 6. The number of primary amides is 2. The summed E-state index contributed by atoms with van der Waals surface area (Å²) in [6, 6.07) is 5.82. The second-order valence-corrected chi connectivity index (χ2v) is 10.8. The predicted octanol–water partition coefficient (Wildman–Crippen LogP) is -5.34. The second kappa shape index (κ2) is 14.4. The maximum absolute atomic E-state index is 12.3. The molecule has 8 atom stereocenters. The number of ether oxygens (including phenoxy) is 2. The fourth-order valence-electron chi connectivity index (χ4n) is 4.19. The van der Waals surface area contributed by atoms with Gasteiger partial charge in [-0.2, -0.15) is 9.13 Å². The molecule has 2 amide bonds. The highest BCUT2D eigenvalue weighted by Crippen LogP contribution is 2.41. The zero-order chi connectivity index (χ0) is 32.1. The molecule has 236 valence electrons. The monoisotopic (exact) mass is 630 g/mol. The molecular weight excluding hydrogens is 599 g/mol. The van der Waals surface area contributed by atoms with Gasteiger partial charge in [-0.1, -0.05) is 0 Å². The molecule has 0 saturated carbocycles. The first kappa shape index (κ1) is 34.1. The van der Waals surface area contributed by atoms with Crippen LogP contribution in [0.1, 0.15) is 40.1 Å². The molecule has 2 aliphatic heterocycles. The minimum atomic E-state index is -5.05. The number of carboxylic acids is 1. The molecule has 2 aliphatic rings. The lowest BCUT2D eigenvalue weighted by Gasteiger charge is -2.26. The molecule has 4 heterocycles. The van der Waals surface area contributed by atoms with Crippen LogP contribution in [0.2, 0.25) is 0 Å². The van der Waals surface area contributed by atoms with Crippen molar-refractivity contribution in [1.29, 1.82) is 0 Å². The highest BCUT2D eigenvalue weighted by Gasteiger charge is 2.50. The van der Waals surface area contributed by atoms with Gasteiger partial charge in [0.15, 0.2) is 37.0 Å². The molecule has 0 aliphatic carbocycles. The van der Waals surface area contributed by atoms with Crippen molar-refractivity contribution in [3.05, 3.63) is 60.2 Å². The fraction of sp³-hybridized carbons (Fsp3) is 0.458. The predicted molar refractivity (Wildman–Crippen MR) is 132 cm³/mol. The van der Waals surface area contributed by atoms with Crippen molar-refractivity contribution in [2.75, 3.05) is 13.2 Å². The molecule has 19 heteroatoms. The third kappa shape index (κ3) is 8.80. The lowest BCUT2D eigenvalue weighted by atomic mass is 10.1. The average Bonchev–Trinajstić information content (AvgIpc) is 3.40. The van der Waals surface area contributed by atoms with Crippen LogP contribution in [0.4, 0.5) is 0 Å². The summed E-state index contributed by atoms with van der Waals surface area (Å²) in [5.41, 5.74) is 10.7. The molecule has 2 aromatic rings. The van der Waals surface area contributed by atoms with Crippen LogP contribution in [0.15, 0.2) is 49.1 Å². The average molecular weight is 631 g/mol. The van der Waals surface area contributed by atoms with E-state index in [1.807, 2.05) is 0 Å². The van der Waals surface area contributed by atoms with Crippen LogP contribution in [-0.2, 0) is 27.9 Å². The Hall–Kier alpha value is -3.42. The highest BCUT2D eigenvalue weighted by molar-refractivity contribution is 7.45. The van der Waals surface area contributed by atoms with Gasteiger partial charge in [0.1, 0.15) is 35.5 Å². The van der Waals surface area contributed by atoms with E-state index in [0.717, 1.165) is 6.92 Å². The Balaban J connectivity index is 0.00000119. The number of phosphoric acid groups is 1. The molecule has 18 nitrogen and oxygen atoms in total. The van der Waals surface area contributed by atoms with E-state index in [1.54, 1.807) is 0 Å². The summed E-state index contributed by atoms with van der Waals surface area (Å²) in [4.78, 5) is 44.1. The van der Waals surface area contributed by atoms with E-state index < -0.39 is 87.9 Å². The van der Waals surface area contributed by atoms with Gasteiger partial charge in [-0.15, -0.1) is 0 Å². The van der Waals surface area contributed by atoms with Crippen molar-refractivity contribution < 1.29 is 77.0 Å². The van der Waals surface area contributed by atoms with Crippen LogP contribution in [-0.4, -0.2) is 88.0 Å². The number of aliphatic hydroxyl groups is 4. The lowest BCUT2D eigenvalue weighted by Crippen LogP contribution is -2.46. The van der Waals surface area contributed by atoms with Crippen molar-refractivity contribution in [3.8, 4) is 0 Å². The number of nitrogens with two attached hydrogens (primary N) is 2. The first-order chi connectivity index (χ1) is 20.1. The third-order valence-electron chi connectivity index (χ3n) is 6.27. The Morgan fingerprint density at radius 1 is 0.837 bits per heavy atom. The summed E-state index contributed by atoms with van der Waals surface area (Å²) in [6.07, 6.45) is -5.54. The van der Waals surface area contributed by atoms with Crippen molar-refractivity contribution >= 4 is 25.6 Å². The van der Waals surface area contributed by atoms with E-state index in [2.05, 4.69) is 0 Å². The topological polar surface area (TPSA) is 292 Å². The van der Waals surface area contributed by atoms with E-state index in [9.17, 15) is 39.5 Å². The standard InChI is InChI=1S/C22H27N4O12P.C2H4O2/c23-19(31)11-3-1-5-25(7-11)21-17(29)15(27)13(37-21)9-35-39(33,34)36-10-14-16(28)18(30)22(38-14)26-6-2-4-12(8-26)20(24)32;1-2(3)4/h1-8,13-18,21-22,27-30H,9-10H2,(H3-2,23,24,31,32,33,34);1H3,(H,3,4)/t13-,14-,15-,16-,17-,18-,21-,22-;/m1./s1. The van der Waals surface area contributed by atoms with Gasteiger partial charge in [0.2, 0.25) is 0 Å². The molecule has 8 N–H and O–H groups in total. The van der Waals surface area contributed by atoms with Crippen molar-refractivity contribution in [2.24, 2.45) is 11.5 Å². The van der Waals surface area contributed by atoms with Crippen LogP contribution in [0.25, 0.3) is 0 Å². The number of hydrogen-bond acceptors (Lipinski definition) is 14. The molecule has 0 bridgehead atoms. The van der Waals surface area contributed by atoms with Crippen molar-refractivity contribution in [2.45, 2.75) is 56.0 Å². The Kier molecular flexibility index (Phi) is 11.4. The van der Waals surface area contributed by atoms with Crippen LogP contribution >= 0.6 is 7.82 Å². The summed E-state index contributed by atoms with van der Waals surface area (Å²) < 4.78 is 35.6. The van der Waals surface area contributed by atoms with Crippen LogP contribution < -0.4 is 30.6 Å². The Labute approximate surface area is 243 Å². The highest BCUT2D eigenvalue weighted by atomic mass is 31.2. The number of aromatic nitrogens is 2. The minimum absolute atomic E-state index is 0.114. The summed E-state index contributed by atoms with van der Waals surface area (Å²) in [5.74, 6) is -2.54. The van der Waals surface area contributed by atoms with Crippen LogP contribution in [0.3, 0.4) is 0 Å². The van der Waals surface area contributed by atoms with Gasteiger partial charge in [0.25, 0.3) is 32.1 Å². The second-order valence-electron chi connectivity index (χ2n) is 9.43. The number of carbonyl (C=O) groups excluding carboxylic acids is 3. The number of phosphoric ester groups is 1. The lowest BCUT2D eigenvalue weighted by molar-refractivity contribution is -0.766.